The number of benzene rings is 2. The molecule has 0 radical (unpaired) electrons. The van der Waals surface area contributed by atoms with Crippen molar-refractivity contribution in [3.63, 3.8) is 0 Å². The summed E-state index contributed by atoms with van der Waals surface area (Å²) in [6.45, 7) is 1.13. The molecule has 0 aromatic heterocycles. The predicted molar refractivity (Wildman–Crippen MR) is 93.6 cm³/mol. The van der Waals surface area contributed by atoms with Gasteiger partial charge in [0.2, 0.25) is 5.91 Å². The number of amides is 3. The van der Waals surface area contributed by atoms with Gasteiger partial charge in [-0.15, -0.1) is 0 Å². The summed E-state index contributed by atoms with van der Waals surface area (Å²) >= 11 is 0. The molecule has 0 bridgehead atoms. The minimum absolute atomic E-state index is 0.0755. The van der Waals surface area contributed by atoms with Gasteiger partial charge in [-0.2, -0.15) is 0 Å². The van der Waals surface area contributed by atoms with Crippen molar-refractivity contribution in [2.45, 2.75) is 19.0 Å². The van der Waals surface area contributed by atoms with Crippen LogP contribution in [0.5, 0.6) is 0 Å². The van der Waals surface area contributed by atoms with Crippen LogP contribution in [-0.4, -0.2) is 36.5 Å². The maximum atomic E-state index is 12.4. The van der Waals surface area contributed by atoms with E-state index >= 15 is 0 Å². The fourth-order valence-corrected chi connectivity index (χ4v) is 2.87. The Kier molecular flexibility index (Phi) is 4.79. The van der Waals surface area contributed by atoms with E-state index in [0.29, 0.717) is 19.5 Å². The van der Waals surface area contributed by atoms with Crippen molar-refractivity contribution >= 4 is 17.6 Å². The molecule has 5 heteroatoms. The third-order valence-electron chi connectivity index (χ3n) is 4.21. The first-order valence-corrected chi connectivity index (χ1v) is 8.04. The van der Waals surface area contributed by atoms with E-state index in [1.165, 1.54) is 0 Å². The number of carbonyl (C=O) groups is 2. The van der Waals surface area contributed by atoms with Crippen LogP contribution in [0.4, 0.5) is 10.5 Å². The molecule has 0 spiro atoms. The van der Waals surface area contributed by atoms with Crippen molar-refractivity contribution in [2.75, 3.05) is 18.5 Å². The Morgan fingerprint density at radius 1 is 1.12 bits per heavy atom. The van der Waals surface area contributed by atoms with Gasteiger partial charge >= 0.3 is 6.03 Å². The number of hydrogen-bond donors (Lipinski definition) is 1. The van der Waals surface area contributed by atoms with Crippen LogP contribution in [0.2, 0.25) is 0 Å². The highest BCUT2D eigenvalue weighted by atomic mass is 16.2. The number of para-hydroxylation sites is 1. The highest BCUT2D eigenvalue weighted by Gasteiger charge is 2.31. The SMILES string of the molecule is CN(C(=O)NC1CC(=O)N(Cc2ccccc2)C1)c1ccccc1. The molecule has 1 N–H and O–H groups in total. The molecule has 3 amide bonds. The first-order valence-electron chi connectivity index (χ1n) is 8.04. The Balaban J connectivity index is 1.57. The normalized spacial score (nSPS) is 17.0. The minimum Gasteiger partial charge on any atom is -0.336 e. The number of urea groups is 1. The second-order valence-corrected chi connectivity index (χ2v) is 6.00. The van der Waals surface area contributed by atoms with Gasteiger partial charge in [-0.1, -0.05) is 48.5 Å². The molecule has 1 fully saturated rings. The lowest BCUT2D eigenvalue weighted by molar-refractivity contribution is -0.128. The first kappa shape index (κ1) is 16.1. The van der Waals surface area contributed by atoms with Crippen molar-refractivity contribution in [3.8, 4) is 0 Å². The number of nitrogens with one attached hydrogen (secondary N) is 1. The largest absolute Gasteiger partial charge is 0.336 e. The smallest absolute Gasteiger partial charge is 0.321 e. The van der Waals surface area contributed by atoms with E-state index in [-0.39, 0.29) is 18.0 Å². The van der Waals surface area contributed by atoms with Crippen LogP contribution in [-0.2, 0) is 11.3 Å². The monoisotopic (exact) mass is 323 g/mol. The lowest BCUT2D eigenvalue weighted by atomic mass is 10.2. The van der Waals surface area contributed by atoms with E-state index < -0.39 is 0 Å². The first-order chi connectivity index (χ1) is 11.6. The third-order valence-corrected chi connectivity index (χ3v) is 4.21. The minimum atomic E-state index is -0.194. The fourth-order valence-electron chi connectivity index (χ4n) is 2.87. The van der Waals surface area contributed by atoms with E-state index in [0.717, 1.165) is 11.3 Å². The average Bonchev–Trinajstić information content (AvgIpc) is 2.95. The topological polar surface area (TPSA) is 52.7 Å². The third kappa shape index (κ3) is 3.74. The molecule has 1 atom stereocenters. The Hall–Kier alpha value is -2.82. The molecule has 1 aliphatic rings. The van der Waals surface area contributed by atoms with E-state index in [2.05, 4.69) is 5.32 Å². The van der Waals surface area contributed by atoms with Crippen LogP contribution in [0.15, 0.2) is 60.7 Å². The molecular weight excluding hydrogens is 302 g/mol. The van der Waals surface area contributed by atoms with Gasteiger partial charge in [0.1, 0.15) is 0 Å². The molecule has 1 heterocycles. The summed E-state index contributed by atoms with van der Waals surface area (Å²) in [5.74, 6) is 0.0755. The Morgan fingerprint density at radius 2 is 1.75 bits per heavy atom. The number of rotatable bonds is 4. The van der Waals surface area contributed by atoms with Crippen molar-refractivity contribution < 1.29 is 9.59 Å². The summed E-state index contributed by atoms with van der Waals surface area (Å²) < 4.78 is 0. The lowest BCUT2D eigenvalue weighted by Crippen LogP contribution is -2.44. The molecule has 3 rings (SSSR count). The van der Waals surface area contributed by atoms with Crippen molar-refractivity contribution in [1.82, 2.24) is 10.2 Å². The summed E-state index contributed by atoms with van der Waals surface area (Å²) in [7, 11) is 1.73. The highest BCUT2D eigenvalue weighted by molar-refractivity contribution is 5.92. The Labute approximate surface area is 141 Å². The molecule has 1 saturated heterocycles. The van der Waals surface area contributed by atoms with Gasteiger partial charge in [-0.3, -0.25) is 9.69 Å². The zero-order chi connectivity index (χ0) is 16.9. The number of likely N-dealkylation sites (tertiary alicyclic amines) is 1. The summed E-state index contributed by atoms with van der Waals surface area (Å²) in [5.41, 5.74) is 1.92. The van der Waals surface area contributed by atoms with E-state index in [9.17, 15) is 9.59 Å². The highest BCUT2D eigenvalue weighted by Crippen LogP contribution is 2.16. The van der Waals surface area contributed by atoms with Gasteiger partial charge in [0.15, 0.2) is 0 Å². The van der Waals surface area contributed by atoms with Gasteiger partial charge in [-0.05, 0) is 17.7 Å². The van der Waals surface area contributed by atoms with Crippen molar-refractivity contribution in [3.05, 3.63) is 66.2 Å². The fraction of sp³-hybridized carbons (Fsp3) is 0.263. The maximum Gasteiger partial charge on any atom is 0.321 e. The average molecular weight is 323 g/mol. The molecule has 1 unspecified atom stereocenters. The van der Waals surface area contributed by atoms with E-state index in [1.807, 2.05) is 60.7 Å². The number of hydrogen-bond acceptors (Lipinski definition) is 2. The summed E-state index contributed by atoms with van der Waals surface area (Å²) in [4.78, 5) is 27.9. The summed E-state index contributed by atoms with van der Waals surface area (Å²) in [6, 6.07) is 19.0. The van der Waals surface area contributed by atoms with Crippen molar-refractivity contribution in [1.29, 1.82) is 0 Å². The molecular formula is C19H21N3O2. The van der Waals surface area contributed by atoms with Crippen LogP contribution in [0.1, 0.15) is 12.0 Å². The molecule has 24 heavy (non-hydrogen) atoms. The second kappa shape index (κ2) is 7.17. The number of anilines is 1. The molecule has 2 aromatic rings. The van der Waals surface area contributed by atoms with Crippen LogP contribution in [0.25, 0.3) is 0 Å². The zero-order valence-electron chi connectivity index (χ0n) is 13.7. The van der Waals surface area contributed by atoms with Gasteiger partial charge < -0.3 is 10.2 Å². The van der Waals surface area contributed by atoms with E-state index in [1.54, 1.807) is 16.8 Å². The van der Waals surface area contributed by atoms with Gasteiger partial charge in [0.25, 0.3) is 0 Å². The molecule has 0 aliphatic carbocycles. The van der Waals surface area contributed by atoms with Crippen LogP contribution >= 0.6 is 0 Å². The maximum absolute atomic E-state index is 12.4. The van der Waals surface area contributed by atoms with Gasteiger partial charge in [-0.25, -0.2) is 4.79 Å². The van der Waals surface area contributed by atoms with E-state index in [4.69, 9.17) is 0 Å². The molecule has 5 nitrogen and oxygen atoms in total. The molecule has 2 aromatic carbocycles. The Bertz CT molecular complexity index is 703. The predicted octanol–water partition coefficient (Wildman–Crippen LogP) is 2.63. The van der Waals surface area contributed by atoms with Crippen molar-refractivity contribution in [2.24, 2.45) is 0 Å². The van der Waals surface area contributed by atoms with Crippen LogP contribution in [0.3, 0.4) is 0 Å². The second-order valence-electron chi connectivity index (χ2n) is 6.00. The lowest BCUT2D eigenvalue weighted by Gasteiger charge is -2.21. The Morgan fingerprint density at radius 3 is 2.42 bits per heavy atom. The number of nitrogens with zero attached hydrogens (tertiary/aromatic N) is 2. The van der Waals surface area contributed by atoms with Gasteiger partial charge in [0, 0.05) is 32.2 Å². The molecule has 124 valence electrons. The van der Waals surface area contributed by atoms with Crippen LogP contribution in [0, 0.1) is 0 Å². The number of carbonyl (C=O) groups excluding carboxylic acids is 2. The molecule has 1 aliphatic heterocycles. The van der Waals surface area contributed by atoms with Crippen LogP contribution < -0.4 is 10.2 Å². The summed E-state index contributed by atoms with van der Waals surface area (Å²) in [5, 5.41) is 2.95. The quantitative estimate of drug-likeness (QED) is 0.940. The summed E-state index contributed by atoms with van der Waals surface area (Å²) in [6.07, 6.45) is 0.348. The van der Waals surface area contributed by atoms with Gasteiger partial charge in [0.05, 0.1) is 6.04 Å². The standard InChI is InChI=1S/C19H21N3O2/c1-21(17-10-6-3-7-11-17)19(24)20-16-12-18(23)22(14-16)13-15-8-4-2-5-9-15/h2-11,16H,12-14H2,1H3,(H,20,24). The zero-order valence-corrected chi connectivity index (χ0v) is 13.7. The molecule has 0 saturated carbocycles.